The minimum atomic E-state index is -0.942. The molecule has 2 aromatic heterocycles. The number of esters is 1. The molecule has 4 heterocycles. The van der Waals surface area contributed by atoms with Crippen molar-refractivity contribution in [1.82, 2.24) is 19.9 Å². The minimum absolute atomic E-state index is 0.0213. The number of benzene rings is 1. The number of pyridine rings is 1. The molecular formula is C34H43FN8O3. The monoisotopic (exact) mass is 630 g/mol. The summed E-state index contributed by atoms with van der Waals surface area (Å²) in [6.45, 7) is 11.0. The molecule has 0 aliphatic carbocycles. The number of hydrogen-bond donors (Lipinski definition) is 2. The maximum Gasteiger partial charge on any atom is 0.343 e. The molecular weight excluding hydrogens is 587 g/mol. The van der Waals surface area contributed by atoms with E-state index in [2.05, 4.69) is 36.0 Å². The number of nitrogens with two attached hydrogens (primary N) is 1. The van der Waals surface area contributed by atoms with E-state index >= 15 is 0 Å². The number of methoxy groups -OCH3 is 1. The quantitative estimate of drug-likeness (QED) is 0.188. The maximum absolute atomic E-state index is 14.6. The normalized spacial score (nSPS) is 18.4. The first kappa shape index (κ1) is 32.8. The number of fused-ring (bicyclic) bond motifs is 1. The van der Waals surface area contributed by atoms with Crippen LogP contribution in [0.25, 0.3) is 0 Å². The molecule has 11 nitrogen and oxygen atoms in total. The van der Waals surface area contributed by atoms with E-state index in [4.69, 9.17) is 25.2 Å². The van der Waals surface area contributed by atoms with Crippen molar-refractivity contribution in [3.05, 3.63) is 47.4 Å². The number of anilines is 6. The third-order valence-electron chi connectivity index (χ3n) is 8.04. The third kappa shape index (κ3) is 6.65. The maximum atomic E-state index is 14.6. The molecule has 0 spiro atoms. The molecule has 2 aliphatic rings. The first-order valence-corrected chi connectivity index (χ1v) is 15.4. The first-order valence-electron chi connectivity index (χ1n) is 15.4. The number of alkyl halides is 1. The fraction of sp³-hybridized carbons (Fsp3) is 0.471. The Morgan fingerprint density at radius 3 is 2.67 bits per heavy atom. The summed E-state index contributed by atoms with van der Waals surface area (Å²) in [6.07, 6.45) is 0.625. The van der Waals surface area contributed by atoms with E-state index in [1.807, 2.05) is 47.0 Å². The number of halogens is 1. The lowest BCUT2D eigenvalue weighted by atomic mass is 9.91. The van der Waals surface area contributed by atoms with Gasteiger partial charge in [-0.2, -0.15) is 4.98 Å². The van der Waals surface area contributed by atoms with Crippen LogP contribution in [0.2, 0.25) is 0 Å². The van der Waals surface area contributed by atoms with Gasteiger partial charge < -0.3 is 35.2 Å². The molecule has 3 N–H and O–H groups in total. The summed E-state index contributed by atoms with van der Waals surface area (Å²) in [5, 5.41) is 3.23. The number of nitrogens with zero attached hydrogens (tertiary/aromatic N) is 6. The highest BCUT2D eigenvalue weighted by Gasteiger charge is 2.40. The summed E-state index contributed by atoms with van der Waals surface area (Å²) in [6, 6.07) is 7.35. The van der Waals surface area contributed by atoms with Gasteiger partial charge in [0.05, 0.1) is 41.7 Å². The van der Waals surface area contributed by atoms with Crippen LogP contribution in [0.4, 0.5) is 38.9 Å². The van der Waals surface area contributed by atoms with E-state index in [0.29, 0.717) is 53.8 Å². The van der Waals surface area contributed by atoms with E-state index in [1.165, 1.54) is 6.20 Å². The van der Waals surface area contributed by atoms with Gasteiger partial charge >= 0.3 is 5.97 Å². The molecule has 0 saturated carbocycles. The molecule has 1 fully saturated rings. The minimum Gasteiger partial charge on any atom is -0.494 e. The lowest BCUT2D eigenvalue weighted by Crippen LogP contribution is -2.38. The summed E-state index contributed by atoms with van der Waals surface area (Å²) in [7, 11) is 5.50. The second kappa shape index (κ2) is 13.0. The highest BCUT2D eigenvalue weighted by atomic mass is 19.1. The number of ether oxygens (including phenoxy) is 2. The number of aromatic nitrogens is 3. The van der Waals surface area contributed by atoms with Crippen LogP contribution in [0.5, 0.6) is 5.75 Å². The van der Waals surface area contributed by atoms with Crippen molar-refractivity contribution in [2.24, 2.45) is 0 Å². The van der Waals surface area contributed by atoms with Gasteiger partial charge in [0.25, 0.3) is 0 Å². The van der Waals surface area contributed by atoms with Crippen molar-refractivity contribution in [2.45, 2.75) is 64.8 Å². The predicted octanol–water partition coefficient (Wildman–Crippen LogP) is 5.05. The van der Waals surface area contributed by atoms with Crippen LogP contribution in [0.3, 0.4) is 0 Å². The van der Waals surface area contributed by atoms with Crippen molar-refractivity contribution in [2.75, 3.05) is 61.7 Å². The molecule has 0 bridgehead atoms. The standard InChI is InChI=1S/C34H43FN8O3/c1-9-10-22-11-12-27-30(38-22)34(4,5)19-43(27)31-24(32(44)46-20(2)3)16-37-33(40-31)39-26-14-25(36)28(15-29(26)45-8)42-17-21(35)13-23(42)18-41(6)7/h11-12,14-16,20-21,23H,13,17-19,36H2,1-8H3,(H,37,39,40)/t21-,23+/m0/s1. The largest absolute Gasteiger partial charge is 0.494 e. The van der Waals surface area contributed by atoms with Gasteiger partial charge in [0.2, 0.25) is 5.95 Å². The van der Waals surface area contributed by atoms with Crippen molar-refractivity contribution in [3.63, 3.8) is 0 Å². The molecule has 0 radical (unpaired) electrons. The Kier molecular flexibility index (Phi) is 9.26. The highest BCUT2D eigenvalue weighted by Crippen LogP contribution is 2.44. The summed E-state index contributed by atoms with van der Waals surface area (Å²) >= 11 is 0. The van der Waals surface area contributed by atoms with E-state index in [1.54, 1.807) is 33.9 Å². The highest BCUT2D eigenvalue weighted by molar-refractivity contribution is 5.96. The molecule has 0 amide bonds. The smallest absolute Gasteiger partial charge is 0.343 e. The third-order valence-corrected chi connectivity index (χ3v) is 8.04. The predicted molar refractivity (Wildman–Crippen MR) is 179 cm³/mol. The molecule has 46 heavy (non-hydrogen) atoms. The number of nitrogen functional groups attached to an aromatic ring is 1. The van der Waals surface area contributed by atoms with E-state index in [0.717, 1.165) is 11.4 Å². The zero-order valence-electron chi connectivity index (χ0n) is 27.8. The molecule has 2 atom stereocenters. The van der Waals surface area contributed by atoms with Gasteiger partial charge in [-0.25, -0.2) is 19.2 Å². The van der Waals surface area contributed by atoms with Gasteiger partial charge in [0.15, 0.2) is 5.82 Å². The van der Waals surface area contributed by atoms with Crippen LogP contribution in [0.15, 0.2) is 30.5 Å². The fourth-order valence-corrected chi connectivity index (χ4v) is 6.14. The van der Waals surface area contributed by atoms with Gasteiger partial charge in [0.1, 0.15) is 23.2 Å². The van der Waals surface area contributed by atoms with E-state index in [-0.39, 0.29) is 35.6 Å². The second-order valence-corrected chi connectivity index (χ2v) is 12.9. The summed E-state index contributed by atoms with van der Waals surface area (Å²) in [5.41, 5.74) is 10.5. The van der Waals surface area contributed by atoms with Gasteiger partial charge in [-0.3, -0.25) is 0 Å². The summed E-state index contributed by atoms with van der Waals surface area (Å²) < 4.78 is 25.9. The topological polar surface area (TPSA) is 122 Å². The average molecular weight is 631 g/mol. The Labute approximate surface area is 270 Å². The molecule has 0 unspecified atom stereocenters. The average Bonchev–Trinajstić information content (AvgIpc) is 3.47. The van der Waals surface area contributed by atoms with Crippen LogP contribution in [0.1, 0.15) is 62.8 Å². The second-order valence-electron chi connectivity index (χ2n) is 12.9. The Morgan fingerprint density at radius 1 is 1.24 bits per heavy atom. The molecule has 3 aromatic rings. The van der Waals surface area contributed by atoms with Crippen molar-refractivity contribution >= 4 is 40.5 Å². The van der Waals surface area contributed by atoms with E-state index < -0.39 is 12.1 Å². The van der Waals surface area contributed by atoms with Crippen LogP contribution in [0, 0.1) is 11.8 Å². The Hall–Kier alpha value is -4.63. The number of rotatable bonds is 9. The number of carbonyl (C=O) groups excluding carboxylic acids is 1. The van der Waals surface area contributed by atoms with Crippen LogP contribution in [-0.4, -0.2) is 85.0 Å². The van der Waals surface area contributed by atoms with Crippen LogP contribution >= 0.6 is 0 Å². The molecule has 244 valence electrons. The van der Waals surface area contributed by atoms with Crippen LogP contribution < -0.4 is 25.6 Å². The lowest BCUT2D eigenvalue weighted by molar-refractivity contribution is 0.0378. The van der Waals surface area contributed by atoms with Crippen molar-refractivity contribution in [1.29, 1.82) is 0 Å². The van der Waals surface area contributed by atoms with Gasteiger partial charge in [0, 0.05) is 49.8 Å². The van der Waals surface area contributed by atoms with Crippen LogP contribution in [-0.2, 0) is 10.2 Å². The fourth-order valence-electron chi connectivity index (χ4n) is 6.14. The summed E-state index contributed by atoms with van der Waals surface area (Å²) in [5.74, 6) is 6.51. The molecule has 2 aliphatic heterocycles. The van der Waals surface area contributed by atoms with Gasteiger partial charge in [-0.05, 0) is 59.0 Å². The molecule has 5 rings (SSSR count). The van der Waals surface area contributed by atoms with Gasteiger partial charge in [-0.15, -0.1) is 0 Å². The van der Waals surface area contributed by atoms with E-state index in [9.17, 15) is 9.18 Å². The molecule has 1 saturated heterocycles. The first-order chi connectivity index (χ1) is 21.8. The summed E-state index contributed by atoms with van der Waals surface area (Å²) in [4.78, 5) is 33.5. The van der Waals surface area contributed by atoms with Crippen molar-refractivity contribution < 1.29 is 18.7 Å². The number of likely N-dealkylation sites (N-methyl/N-ethyl adjacent to an activating group) is 1. The Balaban J connectivity index is 1.54. The Morgan fingerprint density at radius 2 is 2.00 bits per heavy atom. The van der Waals surface area contributed by atoms with Gasteiger partial charge in [-0.1, -0.05) is 19.8 Å². The number of nitrogens with one attached hydrogen (secondary N) is 1. The zero-order valence-corrected chi connectivity index (χ0v) is 27.8. The molecule has 12 heteroatoms. The molecule has 1 aromatic carbocycles. The van der Waals surface area contributed by atoms with Crippen molar-refractivity contribution in [3.8, 4) is 17.6 Å². The SMILES string of the molecule is CC#Cc1ccc2c(n1)C(C)(C)CN2c1nc(Nc2cc(N)c(N3C[C@@H](F)C[C@@H]3CN(C)C)cc2OC)ncc1C(=O)OC(C)C. The lowest BCUT2D eigenvalue weighted by Gasteiger charge is -2.30. The number of hydrogen-bond acceptors (Lipinski definition) is 11. The number of carbonyl (C=O) groups is 1. The Bertz CT molecular complexity index is 1680. The zero-order chi connectivity index (χ0) is 33.3.